The first-order valence-corrected chi connectivity index (χ1v) is 25.2. The SMILES string of the molecule is CC#CC(=O)N1CC[C@H](C(=O)N(C)[C@H](C(=O)N[C@H]2Cc3nc(cs3)-c3ccc4c(c3)c(c(-c3cccnc3C(C)C)n4S(C)(=O)=O)CC(C)(C)COC(=O)[C@@H]3CCCN(N3)C2=O)C(C)C)C1. The van der Waals surface area contributed by atoms with Crippen LogP contribution in [-0.4, -0.2) is 124 Å². The number of nitrogens with zero attached hydrogens (tertiary/aromatic N) is 6. The van der Waals surface area contributed by atoms with Gasteiger partial charge in [-0.15, -0.1) is 11.3 Å². The van der Waals surface area contributed by atoms with E-state index in [-0.39, 0.29) is 49.8 Å². The summed E-state index contributed by atoms with van der Waals surface area (Å²) in [6, 6.07) is 6.28. The van der Waals surface area contributed by atoms with E-state index in [0.29, 0.717) is 70.7 Å². The zero-order valence-corrected chi connectivity index (χ0v) is 40.8. The Bertz CT molecular complexity index is 2730. The summed E-state index contributed by atoms with van der Waals surface area (Å²) in [5, 5.41) is 7.45. The van der Waals surface area contributed by atoms with Gasteiger partial charge in [-0.25, -0.2) is 22.8 Å². The highest BCUT2D eigenvalue weighted by Gasteiger charge is 2.41. The number of rotatable bonds is 8. The van der Waals surface area contributed by atoms with Gasteiger partial charge < -0.3 is 19.9 Å². The number of hydrogen-bond acceptors (Lipinski definition) is 12. The van der Waals surface area contributed by atoms with Crippen molar-refractivity contribution >= 4 is 61.9 Å². The molecule has 4 aromatic rings. The van der Waals surface area contributed by atoms with Crippen molar-refractivity contribution in [3.05, 3.63) is 58.2 Å². The Morgan fingerprint density at radius 1 is 1.09 bits per heavy atom. The van der Waals surface area contributed by atoms with E-state index in [2.05, 4.69) is 22.6 Å². The second kappa shape index (κ2) is 19.3. The highest BCUT2D eigenvalue weighted by Crippen LogP contribution is 2.42. The van der Waals surface area contributed by atoms with Crippen LogP contribution in [0.1, 0.15) is 89.9 Å². The Hall–Kier alpha value is -5.64. The van der Waals surface area contributed by atoms with E-state index in [0.717, 1.165) is 11.3 Å². The van der Waals surface area contributed by atoms with Gasteiger partial charge >= 0.3 is 5.97 Å². The molecular weight excluding hydrogens is 881 g/mol. The summed E-state index contributed by atoms with van der Waals surface area (Å²) >= 11 is 1.32. The average molecular weight is 941 g/mol. The molecule has 3 aliphatic heterocycles. The average Bonchev–Trinajstić information content (AvgIpc) is 4.03. The van der Waals surface area contributed by atoms with Crippen LogP contribution < -0.4 is 10.7 Å². The zero-order valence-electron chi connectivity index (χ0n) is 39.1. The standard InChI is InChI=1S/C48H60N8O8S2/c1-10-13-40(57)54-21-18-31(25-54)45(59)53(8)42(29(4)5)44(58)51-36-23-39-50-37(26-65-39)30-16-17-38-33(22-30)34(43(56(38)66(9,62)63)32-14-11-19-49-41(32)28(2)3)24-48(6,7)27-64-47(61)35-15-12-20-55(52-35)46(36)60/h11,14,16-17,19,22,26,28-29,31,35-36,42,52H,12,15,18,20-21,23-25,27H2,1-9H3,(H,51,58)/t31-,35-,36-,42-/m0/s1. The van der Waals surface area contributed by atoms with Crippen molar-refractivity contribution < 1.29 is 37.1 Å². The number of carbonyl (C=O) groups excluding carboxylic acids is 5. The van der Waals surface area contributed by atoms with E-state index < -0.39 is 57.3 Å². The maximum Gasteiger partial charge on any atom is 0.324 e. The molecule has 66 heavy (non-hydrogen) atoms. The largest absolute Gasteiger partial charge is 0.464 e. The van der Waals surface area contributed by atoms with E-state index in [4.69, 9.17) is 14.7 Å². The number of ether oxygens (including phenoxy) is 1. The maximum absolute atomic E-state index is 14.6. The molecule has 0 spiro atoms. The van der Waals surface area contributed by atoms with Crippen molar-refractivity contribution in [2.45, 2.75) is 105 Å². The Morgan fingerprint density at radius 3 is 2.55 bits per heavy atom. The molecule has 2 fully saturated rings. The molecule has 1 aromatic carbocycles. The van der Waals surface area contributed by atoms with Gasteiger partial charge in [0.25, 0.3) is 11.8 Å². The van der Waals surface area contributed by atoms with Crippen molar-refractivity contribution in [1.82, 2.24) is 39.5 Å². The molecule has 3 aromatic heterocycles. The molecule has 0 unspecified atom stereocenters. The summed E-state index contributed by atoms with van der Waals surface area (Å²) in [6.07, 6.45) is 4.55. The van der Waals surface area contributed by atoms with E-state index >= 15 is 0 Å². The number of hydrazine groups is 1. The third-order valence-corrected chi connectivity index (χ3v) is 14.5. The summed E-state index contributed by atoms with van der Waals surface area (Å²) in [5.41, 5.74) is 6.88. The monoisotopic (exact) mass is 940 g/mol. The van der Waals surface area contributed by atoms with Crippen LogP contribution in [0.5, 0.6) is 0 Å². The quantitative estimate of drug-likeness (QED) is 0.183. The maximum atomic E-state index is 14.6. The number of carbonyl (C=O) groups is 5. The molecule has 352 valence electrons. The fraction of sp³-hybridized carbons (Fsp3) is 0.521. The fourth-order valence-corrected chi connectivity index (χ4v) is 11.3. The molecule has 2 saturated heterocycles. The molecule has 0 saturated carbocycles. The van der Waals surface area contributed by atoms with Crippen molar-refractivity contribution in [2.24, 2.45) is 17.3 Å². The number of aromatic nitrogens is 3. The lowest BCUT2D eigenvalue weighted by Crippen LogP contribution is -2.62. The van der Waals surface area contributed by atoms with Gasteiger partial charge in [0.15, 0.2) is 0 Å². The van der Waals surface area contributed by atoms with Crippen molar-refractivity contribution in [2.75, 3.05) is 39.5 Å². The van der Waals surface area contributed by atoms with Crippen LogP contribution >= 0.6 is 11.3 Å². The van der Waals surface area contributed by atoms with Gasteiger partial charge in [-0.2, -0.15) is 0 Å². The van der Waals surface area contributed by atoms with Crippen molar-refractivity contribution in [3.8, 4) is 34.4 Å². The van der Waals surface area contributed by atoms with E-state index in [9.17, 15) is 32.4 Å². The molecule has 3 aliphatic rings. The number of hydrogen-bond donors (Lipinski definition) is 2. The summed E-state index contributed by atoms with van der Waals surface area (Å²) in [4.78, 5) is 81.9. The first kappa shape index (κ1) is 48.3. The molecule has 0 radical (unpaired) electrons. The van der Waals surface area contributed by atoms with Gasteiger partial charge in [0.05, 0.1) is 46.4 Å². The molecule has 18 heteroatoms. The smallest absolute Gasteiger partial charge is 0.324 e. The minimum absolute atomic E-state index is 0.00154. The van der Waals surface area contributed by atoms with Gasteiger partial charge in [0, 0.05) is 66.6 Å². The van der Waals surface area contributed by atoms with Crippen LogP contribution in [0.3, 0.4) is 0 Å². The van der Waals surface area contributed by atoms with Crippen LogP contribution in [0.4, 0.5) is 0 Å². The second-order valence-corrected chi connectivity index (χ2v) is 21.9. The first-order valence-electron chi connectivity index (χ1n) is 22.5. The lowest BCUT2D eigenvalue weighted by atomic mass is 9.84. The third kappa shape index (κ3) is 10.0. The molecule has 6 bridgehead atoms. The minimum atomic E-state index is -3.89. The Labute approximate surface area is 390 Å². The second-order valence-electron chi connectivity index (χ2n) is 19.1. The number of nitrogens with one attached hydrogen (secondary N) is 2. The molecule has 4 atom stereocenters. The van der Waals surface area contributed by atoms with E-state index in [1.54, 1.807) is 37.2 Å². The number of likely N-dealkylation sites (tertiary alicyclic amines) is 1. The minimum Gasteiger partial charge on any atom is -0.464 e. The van der Waals surface area contributed by atoms with Crippen molar-refractivity contribution in [3.63, 3.8) is 0 Å². The Balaban J connectivity index is 1.29. The molecule has 4 amide bonds. The summed E-state index contributed by atoms with van der Waals surface area (Å²) in [7, 11) is -2.32. The molecular formula is C48H60N8O8S2. The number of fused-ring (bicyclic) bond motifs is 6. The van der Waals surface area contributed by atoms with Crippen LogP contribution in [0, 0.1) is 29.1 Å². The van der Waals surface area contributed by atoms with Gasteiger partial charge in [0.2, 0.25) is 21.8 Å². The van der Waals surface area contributed by atoms with Crippen LogP contribution in [-0.2, 0) is 51.6 Å². The lowest BCUT2D eigenvalue weighted by Gasteiger charge is -2.36. The number of amides is 4. The zero-order chi connectivity index (χ0) is 47.8. The number of thiazole rings is 1. The highest BCUT2D eigenvalue weighted by atomic mass is 32.2. The molecule has 0 aliphatic carbocycles. The van der Waals surface area contributed by atoms with Gasteiger partial charge in [-0.05, 0) is 80.2 Å². The van der Waals surface area contributed by atoms with Crippen LogP contribution in [0.15, 0.2) is 41.9 Å². The third-order valence-electron chi connectivity index (χ3n) is 12.6. The summed E-state index contributed by atoms with van der Waals surface area (Å²) in [5.74, 6) is 2.05. The Kier molecular flexibility index (Phi) is 14.1. The van der Waals surface area contributed by atoms with Gasteiger partial charge in [0.1, 0.15) is 18.1 Å². The fourth-order valence-electron chi connectivity index (χ4n) is 9.41. The lowest BCUT2D eigenvalue weighted by molar-refractivity contribution is -0.155. The van der Waals surface area contributed by atoms with E-state index in [1.165, 1.54) is 31.5 Å². The first-order chi connectivity index (χ1) is 31.2. The summed E-state index contributed by atoms with van der Waals surface area (Å²) < 4.78 is 35.2. The number of pyridine rings is 1. The molecule has 7 rings (SSSR count). The van der Waals surface area contributed by atoms with Crippen molar-refractivity contribution in [1.29, 1.82) is 0 Å². The molecule has 2 N–H and O–H groups in total. The predicted octanol–water partition coefficient (Wildman–Crippen LogP) is 4.76. The van der Waals surface area contributed by atoms with Crippen LogP contribution in [0.2, 0.25) is 0 Å². The topological polar surface area (TPSA) is 193 Å². The van der Waals surface area contributed by atoms with Gasteiger partial charge in [-0.1, -0.05) is 53.5 Å². The number of cyclic esters (lactones) is 1. The normalized spacial score (nSPS) is 20.7. The number of likely N-dealkylation sites (N-methyl/N-ethyl adjacent to an activating group) is 1. The number of esters is 1. The Morgan fingerprint density at radius 2 is 1.85 bits per heavy atom. The molecule has 16 nitrogen and oxygen atoms in total. The predicted molar refractivity (Wildman–Crippen MR) is 252 cm³/mol. The highest BCUT2D eigenvalue weighted by molar-refractivity contribution is 7.89. The molecule has 6 heterocycles. The van der Waals surface area contributed by atoms with Crippen LogP contribution in [0.25, 0.3) is 33.4 Å². The number of benzene rings is 1. The summed E-state index contributed by atoms with van der Waals surface area (Å²) in [6.45, 7) is 14.0. The van der Waals surface area contributed by atoms with E-state index in [1.807, 2.05) is 65.1 Å². The van der Waals surface area contributed by atoms with Gasteiger partial charge in [-0.3, -0.25) is 34.0 Å².